The van der Waals surface area contributed by atoms with Crippen LogP contribution in [0.5, 0.6) is 0 Å². The van der Waals surface area contributed by atoms with Gasteiger partial charge in [-0.1, -0.05) is 212 Å². The summed E-state index contributed by atoms with van der Waals surface area (Å²) in [7, 11) is 0. The van der Waals surface area contributed by atoms with Crippen molar-refractivity contribution in [1.29, 1.82) is 5.26 Å². The molecule has 386 valence electrons. The topological polar surface area (TPSA) is 73.2 Å². The number of imidazole rings is 4. The average molecular weight is 1060 g/mol. The standard InChI is InChI=1S/C75H46N8/c76-47-59-72(52-28-14-5-15-29-52)70(80-64-40-36-55(50-24-10-3-11-25-50)44-68(64)82-66-42-53(48-20-6-1-7-21-48)34-38-60(66)77-74(80)82)46-71(73(59)79-62-32-18-16-30-57(62)58-31-17-19-33-63(58)79)81-65-41-37-56(51-26-12-4-13-27-51)45-69(65)83-67-43-54(49-22-8-2-9-23-49)35-39-61(67)78-75(81)83/h1-46H. The van der Waals surface area contributed by atoms with E-state index in [0.717, 1.165) is 144 Å². The Morgan fingerprint density at radius 1 is 0.277 bits per heavy atom. The predicted octanol–water partition coefficient (Wildman–Crippen LogP) is 18.5. The van der Waals surface area contributed by atoms with Crippen molar-refractivity contribution in [3.8, 4) is 78.8 Å². The number of hydrogen-bond acceptors (Lipinski definition) is 3. The van der Waals surface area contributed by atoms with Crippen LogP contribution in [-0.2, 0) is 0 Å². The molecule has 12 aromatic carbocycles. The Morgan fingerprint density at radius 2 is 0.639 bits per heavy atom. The van der Waals surface area contributed by atoms with Gasteiger partial charge in [-0.2, -0.15) is 5.26 Å². The van der Waals surface area contributed by atoms with Crippen LogP contribution in [0.3, 0.4) is 0 Å². The van der Waals surface area contributed by atoms with Crippen LogP contribution in [0.2, 0.25) is 0 Å². The van der Waals surface area contributed by atoms with Crippen molar-refractivity contribution in [3.63, 3.8) is 0 Å². The molecular formula is C75H46N8. The highest BCUT2D eigenvalue weighted by Crippen LogP contribution is 2.46. The first-order valence-electron chi connectivity index (χ1n) is 28.0. The largest absolute Gasteiger partial charge is 0.306 e. The molecule has 83 heavy (non-hydrogen) atoms. The van der Waals surface area contributed by atoms with Crippen LogP contribution >= 0.6 is 0 Å². The molecule has 0 spiro atoms. The van der Waals surface area contributed by atoms with Gasteiger partial charge >= 0.3 is 0 Å². The molecule has 0 aliphatic carbocycles. The predicted molar refractivity (Wildman–Crippen MR) is 339 cm³/mol. The molecule has 17 rings (SSSR count). The number of benzene rings is 12. The van der Waals surface area contributed by atoms with Crippen LogP contribution in [0.15, 0.2) is 279 Å². The minimum Gasteiger partial charge on any atom is -0.306 e. The molecular weight excluding hydrogens is 1010 g/mol. The van der Waals surface area contributed by atoms with E-state index in [4.69, 9.17) is 9.97 Å². The van der Waals surface area contributed by atoms with Crippen molar-refractivity contribution >= 4 is 77.5 Å². The lowest BCUT2D eigenvalue weighted by atomic mass is 9.94. The molecule has 0 radical (unpaired) electrons. The molecule has 8 heteroatoms. The number of rotatable bonds is 8. The molecule has 0 atom stereocenters. The van der Waals surface area contributed by atoms with Crippen LogP contribution in [-0.4, -0.2) is 32.5 Å². The zero-order valence-electron chi connectivity index (χ0n) is 44.6. The number of aromatic nitrogens is 7. The highest BCUT2D eigenvalue weighted by atomic mass is 15.2. The van der Waals surface area contributed by atoms with E-state index in [1.54, 1.807) is 0 Å². The van der Waals surface area contributed by atoms with Crippen LogP contribution < -0.4 is 0 Å². The fourth-order valence-electron chi connectivity index (χ4n) is 13.0. The monoisotopic (exact) mass is 1060 g/mol. The van der Waals surface area contributed by atoms with E-state index >= 15 is 0 Å². The van der Waals surface area contributed by atoms with Crippen molar-refractivity contribution < 1.29 is 0 Å². The summed E-state index contributed by atoms with van der Waals surface area (Å²) < 4.78 is 11.5. The molecule has 0 amide bonds. The van der Waals surface area contributed by atoms with Crippen LogP contribution in [0.25, 0.3) is 150 Å². The first-order chi connectivity index (χ1) is 41.1. The Morgan fingerprint density at radius 3 is 1.06 bits per heavy atom. The van der Waals surface area contributed by atoms with Crippen LogP contribution in [0.1, 0.15) is 5.56 Å². The minimum absolute atomic E-state index is 0.502. The fraction of sp³-hybridized carbons (Fsp3) is 0. The molecule has 8 nitrogen and oxygen atoms in total. The Hall–Kier alpha value is -11.5. The van der Waals surface area contributed by atoms with Gasteiger partial charge in [0.15, 0.2) is 0 Å². The molecule has 0 aliphatic heterocycles. The summed E-state index contributed by atoms with van der Waals surface area (Å²) in [5.41, 5.74) is 22.7. The van der Waals surface area contributed by atoms with Crippen molar-refractivity contribution in [2.45, 2.75) is 0 Å². The molecule has 5 aromatic heterocycles. The molecule has 0 aliphatic rings. The Labute approximate surface area is 476 Å². The molecule has 0 N–H and O–H groups in total. The highest BCUT2D eigenvalue weighted by Gasteiger charge is 2.31. The van der Waals surface area contributed by atoms with E-state index < -0.39 is 0 Å². The summed E-state index contributed by atoms with van der Waals surface area (Å²) in [5, 5.41) is 14.7. The van der Waals surface area contributed by atoms with E-state index in [0.29, 0.717) is 11.3 Å². The zero-order valence-corrected chi connectivity index (χ0v) is 44.6. The maximum Gasteiger partial charge on any atom is 0.220 e. The summed E-state index contributed by atoms with van der Waals surface area (Å²) in [6.45, 7) is 0. The van der Waals surface area contributed by atoms with E-state index in [-0.39, 0.29) is 0 Å². The van der Waals surface area contributed by atoms with Gasteiger partial charge in [0.2, 0.25) is 11.6 Å². The van der Waals surface area contributed by atoms with Crippen molar-refractivity contribution in [3.05, 3.63) is 285 Å². The third-order valence-electron chi connectivity index (χ3n) is 16.7. The van der Waals surface area contributed by atoms with E-state index in [1.807, 2.05) is 6.07 Å². The normalized spacial score (nSPS) is 11.8. The lowest BCUT2D eigenvalue weighted by Crippen LogP contribution is -2.11. The van der Waals surface area contributed by atoms with E-state index in [9.17, 15) is 5.26 Å². The maximum atomic E-state index is 12.5. The van der Waals surface area contributed by atoms with Gasteiger partial charge < -0.3 is 4.57 Å². The summed E-state index contributed by atoms with van der Waals surface area (Å²) in [6, 6.07) is 102. The molecule has 17 aromatic rings. The quantitative estimate of drug-likeness (QED) is 0.152. The third-order valence-corrected chi connectivity index (χ3v) is 16.7. The number of nitrogens with zero attached hydrogens (tertiary/aromatic N) is 8. The van der Waals surface area contributed by atoms with Crippen molar-refractivity contribution in [2.24, 2.45) is 0 Å². The molecule has 0 bridgehead atoms. The van der Waals surface area contributed by atoms with Gasteiger partial charge in [-0.05, 0) is 117 Å². The van der Waals surface area contributed by atoms with Gasteiger partial charge in [-0.25, -0.2) is 9.97 Å². The van der Waals surface area contributed by atoms with Gasteiger partial charge in [0, 0.05) is 16.3 Å². The van der Waals surface area contributed by atoms with E-state index in [1.165, 1.54) is 0 Å². The Bertz CT molecular complexity index is 5430. The van der Waals surface area contributed by atoms with E-state index in [2.05, 4.69) is 302 Å². The second-order valence-electron chi connectivity index (χ2n) is 21.3. The minimum atomic E-state index is 0.502. The van der Waals surface area contributed by atoms with Crippen LogP contribution in [0, 0.1) is 11.3 Å². The molecule has 0 saturated carbocycles. The van der Waals surface area contributed by atoms with Gasteiger partial charge in [0.1, 0.15) is 6.07 Å². The highest BCUT2D eigenvalue weighted by molar-refractivity contribution is 6.11. The number of nitriles is 1. The first-order valence-corrected chi connectivity index (χ1v) is 28.0. The fourth-order valence-corrected chi connectivity index (χ4v) is 13.0. The van der Waals surface area contributed by atoms with Crippen molar-refractivity contribution in [2.75, 3.05) is 0 Å². The van der Waals surface area contributed by atoms with Gasteiger partial charge in [-0.3, -0.25) is 17.9 Å². The molecule has 0 fully saturated rings. The lowest BCUT2D eigenvalue weighted by Gasteiger charge is -2.23. The third kappa shape index (κ3) is 7.05. The van der Waals surface area contributed by atoms with Crippen molar-refractivity contribution in [1.82, 2.24) is 32.5 Å². The second kappa shape index (κ2) is 18.3. The SMILES string of the molecule is N#Cc1c(-c2ccccc2)c(-n2c3ccc(-c4ccccc4)cc3n3c4cc(-c5ccccc5)ccc4nc23)cc(-n2c3ccc(-c4ccccc4)cc3n3c4cc(-c5ccccc5)ccc4nc23)c1-n1c2ccccc2c2ccccc21. The average Bonchev–Trinajstić information content (AvgIpc) is 3.76. The summed E-state index contributed by atoms with van der Waals surface area (Å²) in [6.07, 6.45) is 0. The summed E-state index contributed by atoms with van der Waals surface area (Å²) >= 11 is 0. The number of hydrogen-bond donors (Lipinski definition) is 0. The Balaban J connectivity index is 1.07. The van der Waals surface area contributed by atoms with Crippen LogP contribution in [0.4, 0.5) is 0 Å². The number of fused-ring (bicyclic) bond motifs is 13. The first kappa shape index (κ1) is 46.4. The maximum absolute atomic E-state index is 12.5. The molecule has 0 unspecified atom stereocenters. The second-order valence-corrected chi connectivity index (χ2v) is 21.3. The molecule has 5 heterocycles. The zero-order chi connectivity index (χ0) is 54.7. The van der Waals surface area contributed by atoms with Gasteiger partial charge in [-0.15, -0.1) is 0 Å². The summed E-state index contributed by atoms with van der Waals surface area (Å²) in [4.78, 5) is 11.3. The lowest BCUT2D eigenvalue weighted by molar-refractivity contribution is 1.04. The van der Waals surface area contributed by atoms with Gasteiger partial charge in [0.25, 0.3) is 0 Å². The summed E-state index contributed by atoms with van der Waals surface area (Å²) in [5.74, 6) is 1.43. The Kier molecular flexibility index (Phi) is 10.2. The number of para-hydroxylation sites is 2. The molecule has 0 saturated heterocycles. The van der Waals surface area contributed by atoms with Gasteiger partial charge in [0.05, 0.1) is 77.8 Å². The smallest absolute Gasteiger partial charge is 0.220 e.